The maximum atomic E-state index is 5.54. The number of anilines is 1. The van der Waals surface area contributed by atoms with Crippen molar-refractivity contribution >= 4 is 24.3 Å². The van der Waals surface area contributed by atoms with Crippen molar-refractivity contribution < 1.29 is 4.42 Å². The summed E-state index contributed by atoms with van der Waals surface area (Å²) in [6.45, 7) is 4.79. The molecule has 0 N–H and O–H groups in total. The fraction of sp³-hybridized carbons (Fsp3) is 0.0667. The fourth-order valence-corrected chi connectivity index (χ4v) is 2.40. The van der Waals surface area contributed by atoms with Gasteiger partial charge in [0.15, 0.2) is 0 Å². The zero-order valence-corrected chi connectivity index (χ0v) is 10.1. The second kappa shape index (κ2) is 4.61. The van der Waals surface area contributed by atoms with Crippen molar-refractivity contribution in [1.29, 1.82) is 0 Å². The summed E-state index contributed by atoms with van der Waals surface area (Å²) in [4.78, 5) is 2.29. The Morgan fingerprint density at radius 1 is 1.22 bits per heavy atom. The topological polar surface area (TPSA) is 16.4 Å². The van der Waals surface area contributed by atoms with Gasteiger partial charge in [-0.3, -0.25) is 0 Å². The molecule has 0 bridgehead atoms. The van der Waals surface area contributed by atoms with E-state index in [2.05, 4.69) is 47.7 Å². The minimum atomic E-state index is 0.146. The Morgan fingerprint density at radius 2 is 2.11 bits per heavy atom. The van der Waals surface area contributed by atoms with E-state index in [-0.39, 0.29) is 6.85 Å². The average Bonchev–Trinajstić information content (AvgIpc) is 2.93. The highest BCUT2D eigenvalue weighted by atomic mass is 16.3. The standard InChI is InChI=1S/C15H14BNO/c1-2-11-17-14-7-4-3-6-13(14)9-10-16(17)15-8-5-12-18-15/h2-10,12H,1,11H2. The fourth-order valence-electron chi connectivity index (χ4n) is 2.40. The molecule has 0 unspecified atom stereocenters. The summed E-state index contributed by atoms with van der Waals surface area (Å²) >= 11 is 0. The lowest BCUT2D eigenvalue weighted by molar-refractivity contribution is 0.599. The Balaban J connectivity index is 2.05. The van der Waals surface area contributed by atoms with Crippen LogP contribution in [0.1, 0.15) is 5.56 Å². The Kier molecular flexibility index (Phi) is 2.81. The summed E-state index contributed by atoms with van der Waals surface area (Å²) in [7, 11) is 0. The van der Waals surface area contributed by atoms with Gasteiger partial charge in [-0.25, -0.2) is 0 Å². The van der Waals surface area contributed by atoms with Crippen molar-refractivity contribution in [1.82, 2.24) is 0 Å². The summed E-state index contributed by atoms with van der Waals surface area (Å²) in [5.41, 5.74) is 3.42. The van der Waals surface area contributed by atoms with Crippen LogP contribution >= 0.6 is 0 Å². The predicted octanol–water partition coefficient (Wildman–Crippen LogP) is 2.74. The number of furan rings is 1. The summed E-state index contributed by atoms with van der Waals surface area (Å²) in [5, 5.41) is 0. The highest BCUT2D eigenvalue weighted by molar-refractivity contribution is 6.81. The predicted molar refractivity (Wildman–Crippen MR) is 77.1 cm³/mol. The van der Waals surface area contributed by atoms with E-state index in [1.165, 1.54) is 11.3 Å². The van der Waals surface area contributed by atoms with E-state index in [4.69, 9.17) is 4.42 Å². The van der Waals surface area contributed by atoms with Gasteiger partial charge in [0.1, 0.15) is 0 Å². The molecule has 18 heavy (non-hydrogen) atoms. The molecule has 0 aliphatic carbocycles. The third kappa shape index (κ3) is 1.78. The number of para-hydroxylation sites is 1. The van der Waals surface area contributed by atoms with Gasteiger partial charge in [0, 0.05) is 12.2 Å². The summed E-state index contributed by atoms with van der Waals surface area (Å²) < 4.78 is 5.54. The van der Waals surface area contributed by atoms with Crippen LogP contribution in [-0.2, 0) is 0 Å². The first-order valence-corrected chi connectivity index (χ1v) is 6.08. The lowest BCUT2D eigenvalue weighted by atomic mass is 9.55. The van der Waals surface area contributed by atoms with Crippen LogP contribution in [0, 0.1) is 0 Å². The first kappa shape index (κ1) is 11.0. The molecule has 0 fully saturated rings. The molecule has 1 aromatic heterocycles. The smallest absolute Gasteiger partial charge is 0.358 e. The molecule has 0 saturated heterocycles. The number of benzene rings is 1. The average molecular weight is 235 g/mol. The van der Waals surface area contributed by atoms with Crippen LogP contribution < -0.4 is 10.5 Å². The number of rotatable bonds is 3. The molecular weight excluding hydrogens is 221 g/mol. The minimum Gasteiger partial charge on any atom is -0.476 e. The van der Waals surface area contributed by atoms with Gasteiger partial charge in [0.25, 0.3) is 0 Å². The van der Waals surface area contributed by atoms with E-state index in [1.54, 1.807) is 6.26 Å². The van der Waals surface area contributed by atoms with Crippen LogP contribution in [-0.4, -0.2) is 13.4 Å². The second-order valence-corrected chi connectivity index (χ2v) is 4.32. The van der Waals surface area contributed by atoms with Crippen molar-refractivity contribution in [2.75, 3.05) is 11.4 Å². The van der Waals surface area contributed by atoms with E-state index in [0.717, 1.165) is 12.2 Å². The first-order chi connectivity index (χ1) is 8.90. The normalized spacial score (nSPS) is 13.6. The monoisotopic (exact) mass is 235 g/mol. The van der Waals surface area contributed by atoms with Gasteiger partial charge in [-0.05, 0) is 23.8 Å². The third-order valence-electron chi connectivity index (χ3n) is 3.20. The lowest BCUT2D eigenvalue weighted by Gasteiger charge is -2.31. The highest BCUT2D eigenvalue weighted by Crippen LogP contribution is 2.27. The molecule has 0 amide bonds. The molecule has 3 heteroatoms. The molecule has 1 aliphatic heterocycles. The van der Waals surface area contributed by atoms with Crippen molar-refractivity contribution in [2.45, 2.75) is 0 Å². The SMILES string of the molecule is C=CCN1B(c2ccco2)C=Cc2ccccc21. The van der Waals surface area contributed by atoms with Gasteiger partial charge in [-0.15, -0.1) is 6.58 Å². The quantitative estimate of drug-likeness (QED) is 0.600. The maximum absolute atomic E-state index is 5.54. The molecule has 0 saturated carbocycles. The van der Waals surface area contributed by atoms with Gasteiger partial charge in [0.05, 0.1) is 11.9 Å². The zero-order valence-electron chi connectivity index (χ0n) is 10.1. The van der Waals surface area contributed by atoms with Crippen LogP contribution in [0.3, 0.4) is 0 Å². The van der Waals surface area contributed by atoms with Gasteiger partial charge < -0.3 is 9.23 Å². The molecule has 2 heterocycles. The maximum Gasteiger partial charge on any atom is 0.358 e. The molecule has 0 radical (unpaired) electrons. The Hall–Kier alpha value is -2.16. The number of hydrogen-bond acceptors (Lipinski definition) is 2. The molecule has 88 valence electrons. The van der Waals surface area contributed by atoms with Gasteiger partial charge in [0.2, 0.25) is 0 Å². The third-order valence-corrected chi connectivity index (χ3v) is 3.20. The van der Waals surface area contributed by atoms with Crippen molar-refractivity contribution in [2.24, 2.45) is 0 Å². The van der Waals surface area contributed by atoms with Gasteiger partial charge in [-0.1, -0.05) is 36.3 Å². The summed E-state index contributed by atoms with van der Waals surface area (Å²) in [6, 6.07) is 12.3. The van der Waals surface area contributed by atoms with E-state index >= 15 is 0 Å². The first-order valence-electron chi connectivity index (χ1n) is 6.08. The van der Waals surface area contributed by atoms with Crippen molar-refractivity contribution in [3.05, 3.63) is 66.9 Å². The van der Waals surface area contributed by atoms with Crippen LogP contribution in [0.15, 0.2) is 65.7 Å². The zero-order chi connectivity index (χ0) is 12.4. The summed E-state index contributed by atoms with van der Waals surface area (Å²) in [6.07, 6.45) is 5.80. The van der Waals surface area contributed by atoms with Crippen LogP contribution in [0.4, 0.5) is 5.69 Å². The Morgan fingerprint density at radius 3 is 2.89 bits per heavy atom. The van der Waals surface area contributed by atoms with E-state index in [9.17, 15) is 0 Å². The molecule has 2 aromatic rings. The lowest BCUT2D eigenvalue weighted by Crippen LogP contribution is -2.48. The second-order valence-electron chi connectivity index (χ2n) is 4.32. The summed E-state index contributed by atoms with van der Waals surface area (Å²) in [5.74, 6) is 2.17. The van der Waals surface area contributed by atoms with Crippen molar-refractivity contribution in [3.63, 3.8) is 0 Å². The van der Waals surface area contributed by atoms with E-state index in [1.807, 2.05) is 18.2 Å². The van der Waals surface area contributed by atoms with Gasteiger partial charge >= 0.3 is 6.85 Å². The molecule has 1 aromatic carbocycles. The van der Waals surface area contributed by atoms with Crippen LogP contribution in [0.2, 0.25) is 0 Å². The Labute approximate surface area is 107 Å². The molecule has 0 spiro atoms. The molecule has 1 aliphatic rings. The van der Waals surface area contributed by atoms with E-state index < -0.39 is 0 Å². The Bertz CT molecular complexity index is 574. The highest BCUT2D eigenvalue weighted by Gasteiger charge is 2.29. The molecule has 0 atom stereocenters. The van der Waals surface area contributed by atoms with Gasteiger partial charge in [-0.2, -0.15) is 0 Å². The number of hydrogen-bond donors (Lipinski definition) is 0. The number of fused-ring (bicyclic) bond motifs is 1. The molecule has 3 rings (SSSR count). The van der Waals surface area contributed by atoms with E-state index in [0.29, 0.717) is 0 Å². The van der Waals surface area contributed by atoms with Crippen LogP contribution in [0.5, 0.6) is 0 Å². The largest absolute Gasteiger partial charge is 0.476 e. The van der Waals surface area contributed by atoms with Crippen molar-refractivity contribution in [3.8, 4) is 0 Å². The molecular formula is C15H14BNO. The number of nitrogens with zero attached hydrogens (tertiary/aromatic N) is 1. The minimum absolute atomic E-state index is 0.146. The molecule has 2 nitrogen and oxygen atoms in total. The van der Waals surface area contributed by atoms with Crippen LogP contribution in [0.25, 0.3) is 6.08 Å².